The molecule has 0 aliphatic carbocycles. The largest absolute Gasteiger partial charge is 0.336 e. The van der Waals surface area contributed by atoms with Gasteiger partial charge in [-0.05, 0) is 39.7 Å². The zero-order valence-corrected chi connectivity index (χ0v) is 15.8. The summed E-state index contributed by atoms with van der Waals surface area (Å²) in [7, 11) is -3.27. The Morgan fingerprint density at radius 3 is 2.54 bits per heavy atom. The highest BCUT2D eigenvalue weighted by Crippen LogP contribution is 2.29. The number of carbonyl (C=O) groups excluding carboxylic acids is 1. The van der Waals surface area contributed by atoms with Crippen LogP contribution >= 0.6 is 27.5 Å². The van der Waals surface area contributed by atoms with Crippen molar-refractivity contribution >= 4 is 43.3 Å². The molecule has 1 saturated heterocycles. The number of rotatable bonds is 2. The molecule has 1 unspecified atom stereocenters. The Bertz CT molecular complexity index is 871. The van der Waals surface area contributed by atoms with E-state index < -0.39 is 15.1 Å². The van der Waals surface area contributed by atoms with Crippen LogP contribution in [-0.2, 0) is 9.84 Å². The third-order valence-electron chi connectivity index (χ3n) is 4.09. The SMILES string of the molecule is O=C(c1ccc(Br)c(Cl)c1)N1CCS(=O)(=O)C(c2ccccc2)C1. The number of hydrogen-bond acceptors (Lipinski definition) is 3. The molecule has 0 radical (unpaired) electrons. The topological polar surface area (TPSA) is 54.5 Å². The smallest absolute Gasteiger partial charge is 0.253 e. The van der Waals surface area contributed by atoms with Crippen LogP contribution in [0, 0.1) is 0 Å². The van der Waals surface area contributed by atoms with Crippen LogP contribution in [0.15, 0.2) is 53.0 Å². The number of halogens is 2. The molecule has 24 heavy (non-hydrogen) atoms. The van der Waals surface area contributed by atoms with E-state index in [-0.39, 0.29) is 24.7 Å². The molecule has 0 aromatic heterocycles. The van der Waals surface area contributed by atoms with Gasteiger partial charge in [-0.3, -0.25) is 4.79 Å². The lowest BCUT2D eigenvalue weighted by atomic mass is 10.1. The van der Waals surface area contributed by atoms with Crippen molar-refractivity contribution in [1.82, 2.24) is 4.90 Å². The van der Waals surface area contributed by atoms with Crippen LogP contribution in [0.3, 0.4) is 0 Å². The first-order valence-corrected chi connectivity index (χ1v) is 10.3. The van der Waals surface area contributed by atoms with Gasteiger partial charge in [0.15, 0.2) is 9.84 Å². The Labute approximate surface area is 154 Å². The fourth-order valence-electron chi connectivity index (χ4n) is 2.76. The Balaban J connectivity index is 1.87. The van der Waals surface area contributed by atoms with Crippen LogP contribution in [0.2, 0.25) is 5.02 Å². The molecular weight excluding hydrogens is 414 g/mol. The average molecular weight is 429 g/mol. The highest BCUT2D eigenvalue weighted by molar-refractivity contribution is 9.10. The first-order valence-electron chi connectivity index (χ1n) is 7.39. The van der Waals surface area contributed by atoms with Crippen LogP contribution in [0.5, 0.6) is 0 Å². The van der Waals surface area contributed by atoms with Crippen molar-refractivity contribution in [1.29, 1.82) is 0 Å². The predicted molar refractivity (Wildman–Crippen MR) is 98.0 cm³/mol. The molecule has 1 atom stereocenters. The number of amides is 1. The van der Waals surface area contributed by atoms with Gasteiger partial charge in [0.2, 0.25) is 0 Å². The molecule has 4 nitrogen and oxygen atoms in total. The van der Waals surface area contributed by atoms with Crippen LogP contribution < -0.4 is 0 Å². The molecule has 0 spiro atoms. The summed E-state index contributed by atoms with van der Waals surface area (Å²) in [5.74, 6) is -0.247. The van der Waals surface area contributed by atoms with Crippen LogP contribution in [0.1, 0.15) is 21.2 Å². The molecule has 3 rings (SSSR count). The summed E-state index contributed by atoms with van der Waals surface area (Å²) < 4.78 is 25.6. The van der Waals surface area contributed by atoms with Gasteiger partial charge in [0.25, 0.3) is 5.91 Å². The minimum Gasteiger partial charge on any atom is -0.336 e. The highest BCUT2D eigenvalue weighted by atomic mass is 79.9. The van der Waals surface area contributed by atoms with E-state index in [0.29, 0.717) is 20.6 Å². The molecular formula is C17H15BrClNO3S. The lowest BCUT2D eigenvalue weighted by Gasteiger charge is -2.33. The quantitative estimate of drug-likeness (QED) is 0.732. The standard InChI is InChI=1S/C17H15BrClNO3S/c18-14-7-6-13(10-15(14)19)17(21)20-8-9-24(22,23)16(11-20)12-4-2-1-3-5-12/h1-7,10,16H,8-9,11H2. The monoisotopic (exact) mass is 427 g/mol. The van der Waals surface area contributed by atoms with Crippen molar-refractivity contribution in [3.8, 4) is 0 Å². The molecule has 1 aliphatic heterocycles. The third kappa shape index (κ3) is 3.50. The number of sulfone groups is 1. The van der Waals surface area contributed by atoms with Crippen LogP contribution in [0.4, 0.5) is 0 Å². The Kier molecular flexibility index (Phi) is 4.99. The summed E-state index contributed by atoms with van der Waals surface area (Å²) in [4.78, 5) is 14.3. The predicted octanol–water partition coefficient (Wildman–Crippen LogP) is 3.71. The molecule has 1 amide bonds. The highest BCUT2D eigenvalue weighted by Gasteiger charge is 2.36. The second-order valence-electron chi connectivity index (χ2n) is 5.65. The van der Waals surface area contributed by atoms with Crippen molar-refractivity contribution in [2.24, 2.45) is 0 Å². The Morgan fingerprint density at radius 1 is 1.17 bits per heavy atom. The van der Waals surface area contributed by atoms with Crippen molar-refractivity contribution in [2.75, 3.05) is 18.8 Å². The molecule has 7 heteroatoms. The normalized spacial score (nSPS) is 19.9. The van der Waals surface area contributed by atoms with Crippen LogP contribution in [-0.4, -0.2) is 38.1 Å². The van der Waals surface area contributed by atoms with E-state index in [4.69, 9.17) is 11.6 Å². The minimum absolute atomic E-state index is 0.0391. The van der Waals surface area contributed by atoms with E-state index in [0.717, 1.165) is 0 Å². The van der Waals surface area contributed by atoms with Gasteiger partial charge in [0.1, 0.15) is 5.25 Å². The Morgan fingerprint density at radius 2 is 1.88 bits per heavy atom. The van der Waals surface area contributed by atoms with Gasteiger partial charge < -0.3 is 4.90 Å². The van der Waals surface area contributed by atoms with Gasteiger partial charge in [0, 0.05) is 23.1 Å². The zero-order valence-electron chi connectivity index (χ0n) is 12.7. The van der Waals surface area contributed by atoms with Gasteiger partial charge in [0.05, 0.1) is 10.8 Å². The van der Waals surface area contributed by atoms with Gasteiger partial charge in [-0.2, -0.15) is 0 Å². The molecule has 1 heterocycles. The van der Waals surface area contributed by atoms with Crippen molar-refractivity contribution in [3.63, 3.8) is 0 Å². The summed E-state index contributed by atoms with van der Waals surface area (Å²) in [6.07, 6.45) is 0. The Hall–Kier alpha value is -1.37. The van der Waals surface area contributed by atoms with Gasteiger partial charge in [-0.25, -0.2) is 8.42 Å². The second-order valence-corrected chi connectivity index (χ2v) is 9.21. The molecule has 0 bridgehead atoms. The average Bonchev–Trinajstić information content (AvgIpc) is 2.57. The number of carbonyl (C=O) groups is 1. The molecule has 0 N–H and O–H groups in total. The van der Waals surface area contributed by atoms with Gasteiger partial charge in [-0.1, -0.05) is 41.9 Å². The molecule has 1 aliphatic rings. The summed E-state index contributed by atoms with van der Waals surface area (Å²) in [6, 6.07) is 14.0. The van der Waals surface area contributed by atoms with E-state index in [1.807, 2.05) is 6.07 Å². The van der Waals surface area contributed by atoms with Crippen molar-refractivity contribution < 1.29 is 13.2 Å². The van der Waals surface area contributed by atoms with Gasteiger partial charge in [-0.15, -0.1) is 0 Å². The van der Waals surface area contributed by atoms with Crippen LogP contribution in [0.25, 0.3) is 0 Å². The minimum atomic E-state index is -3.27. The lowest BCUT2D eigenvalue weighted by molar-refractivity contribution is 0.0758. The molecule has 126 valence electrons. The summed E-state index contributed by atoms with van der Waals surface area (Å²) in [5, 5.41) is -0.243. The summed E-state index contributed by atoms with van der Waals surface area (Å²) >= 11 is 9.35. The second kappa shape index (κ2) is 6.86. The fourth-order valence-corrected chi connectivity index (χ4v) is 4.93. The van der Waals surface area contributed by atoms with E-state index in [1.54, 1.807) is 47.4 Å². The fraction of sp³-hybridized carbons (Fsp3) is 0.235. The number of nitrogens with zero attached hydrogens (tertiary/aromatic N) is 1. The zero-order chi connectivity index (χ0) is 17.3. The van der Waals surface area contributed by atoms with Crippen molar-refractivity contribution in [3.05, 3.63) is 69.2 Å². The van der Waals surface area contributed by atoms with E-state index in [2.05, 4.69) is 15.9 Å². The van der Waals surface area contributed by atoms with E-state index in [9.17, 15) is 13.2 Å². The maximum atomic E-state index is 12.7. The molecule has 2 aromatic rings. The first-order chi connectivity index (χ1) is 11.4. The third-order valence-corrected chi connectivity index (χ3v) is 7.36. The van der Waals surface area contributed by atoms with E-state index >= 15 is 0 Å². The number of benzene rings is 2. The summed E-state index contributed by atoms with van der Waals surface area (Å²) in [6.45, 7) is 0.344. The van der Waals surface area contributed by atoms with Crippen molar-refractivity contribution in [2.45, 2.75) is 5.25 Å². The molecule has 1 fully saturated rings. The first kappa shape index (κ1) is 17.5. The van der Waals surface area contributed by atoms with E-state index in [1.165, 1.54) is 0 Å². The maximum Gasteiger partial charge on any atom is 0.253 e. The van der Waals surface area contributed by atoms with Gasteiger partial charge >= 0.3 is 0 Å². The maximum absolute atomic E-state index is 12.7. The summed E-state index contributed by atoms with van der Waals surface area (Å²) in [5.41, 5.74) is 1.16. The number of hydrogen-bond donors (Lipinski definition) is 0. The molecule has 2 aromatic carbocycles. The lowest BCUT2D eigenvalue weighted by Crippen LogP contribution is -2.45. The molecule has 0 saturated carbocycles.